The van der Waals surface area contributed by atoms with Crippen molar-refractivity contribution < 1.29 is 14.7 Å². The fourth-order valence-corrected chi connectivity index (χ4v) is 3.18. The third-order valence-electron chi connectivity index (χ3n) is 4.78. The van der Waals surface area contributed by atoms with Crippen LogP contribution in [0.5, 0.6) is 0 Å². The van der Waals surface area contributed by atoms with Gasteiger partial charge >= 0.3 is 5.97 Å². The maximum atomic E-state index is 12.5. The van der Waals surface area contributed by atoms with Crippen LogP contribution in [0, 0.1) is 12.3 Å². The van der Waals surface area contributed by atoms with Crippen LogP contribution in [-0.4, -0.2) is 39.5 Å². The number of aromatic nitrogens is 1. The van der Waals surface area contributed by atoms with Crippen LogP contribution in [-0.2, 0) is 11.8 Å². The highest BCUT2D eigenvalue weighted by Crippen LogP contribution is 2.36. The van der Waals surface area contributed by atoms with Crippen LogP contribution in [0.2, 0.25) is 0 Å². The Bertz CT molecular complexity index is 540. The van der Waals surface area contributed by atoms with Gasteiger partial charge in [0.15, 0.2) is 0 Å². The minimum atomic E-state index is -0.717. The molecule has 1 N–H and O–H groups in total. The number of likely N-dealkylation sites (tertiary alicyclic amines) is 1. The van der Waals surface area contributed by atoms with E-state index in [1.807, 2.05) is 37.6 Å². The number of aliphatic carboxylic acids is 1. The molecule has 21 heavy (non-hydrogen) atoms. The van der Waals surface area contributed by atoms with Crippen molar-refractivity contribution in [2.45, 2.75) is 39.5 Å². The SMILES string of the molecule is CCCC1(C(=O)O)CCN(C(=O)c2ccc(C)n2C)CC1. The summed E-state index contributed by atoms with van der Waals surface area (Å²) in [5.41, 5.74) is 1.07. The first-order chi connectivity index (χ1) is 9.91. The van der Waals surface area contributed by atoms with Crippen molar-refractivity contribution in [1.82, 2.24) is 9.47 Å². The molecule has 1 aromatic heterocycles. The Hall–Kier alpha value is -1.78. The summed E-state index contributed by atoms with van der Waals surface area (Å²) in [5.74, 6) is -0.716. The minimum absolute atomic E-state index is 0.00101. The van der Waals surface area contributed by atoms with E-state index in [0.29, 0.717) is 38.0 Å². The van der Waals surface area contributed by atoms with Crippen molar-refractivity contribution in [2.75, 3.05) is 13.1 Å². The van der Waals surface area contributed by atoms with Crippen molar-refractivity contribution >= 4 is 11.9 Å². The predicted octanol–water partition coefficient (Wildman–Crippen LogP) is 2.44. The number of hydrogen-bond acceptors (Lipinski definition) is 2. The lowest BCUT2D eigenvalue weighted by Crippen LogP contribution is -2.46. The molecule has 1 aromatic rings. The highest BCUT2D eigenvalue weighted by molar-refractivity contribution is 5.93. The third kappa shape index (κ3) is 2.82. The molecule has 2 rings (SSSR count). The standard InChI is InChI=1S/C16H24N2O3/c1-4-7-16(15(20)21)8-10-18(11-9-16)14(19)13-6-5-12(2)17(13)3/h5-6H,4,7-11H2,1-3H3,(H,20,21). The molecule has 1 aliphatic heterocycles. The monoisotopic (exact) mass is 292 g/mol. The molecular formula is C16H24N2O3. The smallest absolute Gasteiger partial charge is 0.309 e. The third-order valence-corrected chi connectivity index (χ3v) is 4.78. The highest BCUT2D eigenvalue weighted by atomic mass is 16.4. The van der Waals surface area contributed by atoms with E-state index in [1.165, 1.54) is 0 Å². The van der Waals surface area contributed by atoms with Gasteiger partial charge in [0.25, 0.3) is 5.91 Å². The highest BCUT2D eigenvalue weighted by Gasteiger charge is 2.41. The summed E-state index contributed by atoms with van der Waals surface area (Å²) in [5, 5.41) is 9.50. The maximum absolute atomic E-state index is 12.5. The van der Waals surface area contributed by atoms with E-state index in [2.05, 4.69) is 0 Å². The first-order valence-electron chi connectivity index (χ1n) is 7.56. The molecular weight excluding hydrogens is 268 g/mol. The largest absolute Gasteiger partial charge is 0.481 e. The van der Waals surface area contributed by atoms with E-state index in [9.17, 15) is 14.7 Å². The van der Waals surface area contributed by atoms with Crippen molar-refractivity contribution in [3.8, 4) is 0 Å². The van der Waals surface area contributed by atoms with Crippen LogP contribution in [0.25, 0.3) is 0 Å². The average molecular weight is 292 g/mol. The van der Waals surface area contributed by atoms with Gasteiger partial charge in [0, 0.05) is 25.8 Å². The molecule has 0 radical (unpaired) electrons. The van der Waals surface area contributed by atoms with Gasteiger partial charge in [0.05, 0.1) is 5.41 Å². The Morgan fingerprint density at radius 3 is 2.33 bits per heavy atom. The summed E-state index contributed by atoms with van der Waals surface area (Å²) in [6, 6.07) is 3.76. The van der Waals surface area contributed by atoms with Gasteiger partial charge in [0.2, 0.25) is 0 Å². The number of aryl methyl sites for hydroxylation is 1. The molecule has 1 saturated heterocycles. The van der Waals surface area contributed by atoms with E-state index in [-0.39, 0.29) is 5.91 Å². The Balaban J connectivity index is 2.08. The van der Waals surface area contributed by atoms with Crippen LogP contribution in [0.3, 0.4) is 0 Å². The summed E-state index contributed by atoms with van der Waals surface area (Å²) in [7, 11) is 1.88. The summed E-state index contributed by atoms with van der Waals surface area (Å²) in [4.78, 5) is 25.9. The van der Waals surface area contributed by atoms with Gasteiger partial charge in [-0.1, -0.05) is 13.3 Å². The van der Waals surface area contributed by atoms with E-state index in [1.54, 1.807) is 4.90 Å². The maximum Gasteiger partial charge on any atom is 0.309 e. The van der Waals surface area contributed by atoms with Gasteiger partial charge in [-0.25, -0.2) is 0 Å². The van der Waals surface area contributed by atoms with Crippen LogP contribution in [0.4, 0.5) is 0 Å². The Kier molecular flexibility index (Phi) is 4.40. The number of rotatable bonds is 4. The van der Waals surface area contributed by atoms with Crippen LogP contribution >= 0.6 is 0 Å². The minimum Gasteiger partial charge on any atom is -0.481 e. The molecule has 116 valence electrons. The van der Waals surface area contributed by atoms with Gasteiger partial charge in [-0.2, -0.15) is 0 Å². The Morgan fingerprint density at radius 1 is 1.29 bits per heavy atom. The quantitative estimate of drug-likeness (QED) is 0.927. The fourth-order valence-electron chi connectivity index (χ4n) is 3.18. The molecule has 1 amide bonds. The average Bonchev–Trinajstić information content (AvgIpc) is 2.79. The summed E-state index contributed by atoms with van der Waals surface area (Å²) in [6.45, 7) is 5.02. The van der Waals surface area contributed by atoms with Crippen molar-refractivity contribution in [3.63, 3.8) is 0 Å². The molecule has 0 atom stereocenters. The van der Waals surface area contributed by atoms with Crippen LogP contribution in [0.15, 0.2) is 12.1 Å². The number of carboxylic acids is 1. The number of amides is 1. The number of carbonyl (C=O) groups is 2. The summed E-state index contributed by atoms with van der Waals surface area (Å²) >= 11 is 0. The second kappa shape index (κ2) is 5.92. The zero-order valence-corrected chi connectivity index (χ0v) is 13.1. The summed E-state index contributed by atoms with van der Waals surface area (Å²) < 4.78 is 1.88. The molecule has 1 aliphatic rings. The topological polar surface area (TPSA) is 62.5 Å². The molecule has 0 bridgehead atoms. The van der Waals surface area contributed by atoms with E-state index >= 15 is 0 Å². The fraction of sp³-hybridized carbons (Fsp3) is 0.625. The first-order valence-corrected chi connectivity index (χ1v) is 7.56. The molecule has 5 nitrogen and oxygen atoms in total. The molecule has 0 aromatic carbocycles. The van der Waals surface area contributed by atoms with Crippen molar-refractivity contribution in [1.29, 1.82) is 0 Å². The Morgan fingerprint density at radius 2 is 1.90 bits per heavy atom. The number of carbonyl (C=O) groups excluding carboxylic acids is 1. The molecule has 0 saturated carbocycles. The number of piperidine rings is 1. The second-order valence-corrected chi connectivity index (χ2v) is 6.05. The van der Waals surface area contributed by atoms with Crippen molar-refractivity contribution in [3.05, 3.63) is 23.5 Å². The Labute approximate surface area is 125 Å². The van der Waals surface area contributed by atoms with E-state index in [4.69, 9.17) is 0 Å². The number of carboxylic acid groups (broad SMARTS) is 1. The van der Waals surface area contributed by atoms with Crippen molar-refractivity contribution in [2.24, 2.45) is 12.5 Å². The normalized spacial score (nSPS) is 17.8. The second-order valence-electron chi connectivity index (χ2n) is 6.05. The molecule has 0 unspecified atom stereocenters. The van der Waals surface area contributed by atoms with Gasteiger partial charge in [-0.3, -0.25) is 9.59 Å². The predicted molar refractivity (Wildman–Crippen MR) is 80.3 cm³/mol. The lowest BCUT2D eigenvalue weighted by molar-refractivity contribution is -0.152. The van der Waals surface area contributed by atoms with E-state index < -0.39 is 11.4 Å². The first kappa shape index (κ1) is 15.6. The number of hydrogen-bond donors (Lipinski definition) is 1. The van der Waals surface area contributed by atoms with Gasteiger partial charge < -0.3 is 14.6 Å². The van der Waals surface area contributed by atoms with Gasteiger partial charge in [0.1, 0.15) is 5.69 Å². The lowest BCUT2D eigenvalue weighted by Gasteiger charge is -2.38. The lowest BCUT2D eigenvalue weighted by atomic mass is 9.75. The molecule has 1 fully saturated rings. The van der Waals surface area contributed by atoms with E-state index in [0.717, 1.165) is 12.1 Å². The van der Waals surface area contributed by atoms with Crippen LogP contribution < -0.4 is 0 Å². The van der Waals surface area contributed by atoms with Crippen LogP contribution in [0.1, 0.15) is 48.8 Å². The zero-order valence-electron chi connectivity index (χ0n) is 13.1. The van der Waals surface area contributed by atoms with Gasteiger partial charge in [-0.05, 0) is 38.3 Å². The number of nitrogens with zero attached hydrogens (tertiary/aromatic N) is 2. The molecule has 5 heteroatoms. The summed E-state index contributed by atoms with van der Waals surface area (Å²) in [6.07, 6.45) is 2.64. The molecule has 0 aliphatic carbocycles. The molecule has 0 spiro atoms. The van der Waals surface area contributed by atoms with Gasteiger partial charge in [-0.15, -0.1) is 0 Å². The zero-order chi connectivity index (χ0) is 15.6. The molecule has 2 heterocycles.